The molecule has 0 rings (SSSR count). The standard InChI is InChI=1S/C7H9N3O/c1-6(3-8)2-7(4-9)10-5-11/h5-7H,2H2,1H3,(H,10,11). The lowest BCUT2D eigenvalue weighted by Gasteiger charge is -2.07. The number of amides is 1. The molecule has 0 saturated heterocycles. The van der Waals surface area contributed by atoms with Crippen LogP contribution in [0.25, 0.3) is 0 Å². The van der Waals surface area contributed by atoms with E-state index >= 15 is 0 Å². The van der Waals surface area contributed by atoms with E-state index in [4.69, 9.17) is 10.5 Å². The lowest BCUT2D eigenvalue weighted by atomic mass is 10.0. The first-order valence-corrected chi connectivity index (χ1v) is 3.23. The molecule has 0 spiro atoms. The van der Waals surface area contributed by atoms with E-state index in [9.17, 15) is 4.79 Å². The Morgan fingerprint density at radius 1 is 1.55 bits per heavy atom. The van der Waals surface area contributed by atoms with Crippen molar-refractivity contribution in [2.75, 3.05) is 0 Å². The molecule has 0 fully saturated rings. The Balaban J connectivity index is 3.81. The molecule has 2 unspecified atom stereocenters. The quantitative estimate of drug-likeness (QED) is 0.582. The number of nitrogens with zero attached hydrogens (tertiary/aromatic N) is 2. The molecular formula is C7H9N3O. The van der Waals surface area contributed by atoms with Crippen molar-refractivity contribution in [2.45, 2.75) is 19.4 Å². The Hall–Kier alpha value is -1.55. The van der Waals surface area contributed by atoms with E-state index in [2.05, 4.69) is 5.32 Å². The van der Waals surface area contributed by atoms with Gasteiger partial charge >= 0.3 is 0 Å². The van der Waals surface area contributed by atoms with Crippen LogP contribution in [0.3, 0.4) is 0 Å². The molecule has 0 aromatic heterocycles. The van der Waals surface area contributed by atoms with Gasteiger partial charge in [-0.05, 0) is 13.3 Å². The van der Waals surface area contributed by atoms with Crippen LogP contribution in [0.2, 0.25) is 0 Å². The Morgan fingerprint density at radius 2 is 2.18 bits per heavy atom. The highest BCUT2D eigenvalue weighted by atomic mass is 16.1. The predicted octanol–water partition coefficient (Wildman–Crippen LogP) is 0.174. The van der Waals surface area contributed by atoms with Crippen LogP contribution < -0.4 is 5.32 Å². The Kier molecular flexibility index (Phi) is 4.51. The number of hydrogen-bond donors (Lipinski definition) is 1. The van der Waals surface area contributed by atoms with Crippen molar-refractivity contribution in [2.24, 2.45) is 5.92 Å². The lowest BCUT2D eigenvalue weighted by Crippen LogP contribution is -2.27. The molecule has 2 atom stereocenters. The second-order valence-corrected chi connectivity index (χ2v) is 2.23. The molecule has 11 heavy (non-hydrogen) atoms. The third-order valence-electron chi connectivity index (χ3n) is 1.23. The maximum Gasteiger partial charge on any atom is 0.208 e. The van der Waals surface area contributed by atoms with Gasteiger partial charge in [-0.25, -0.2) is 0 Å². The third kappa shape index (κ3) is 3.94. The highest BCUT2D eigenvalue weighted by Gasteiger charge is 2.09. The summed E-state index contributed by atoms with van der Waals surface area (Å²) < 4.78 is 0. The highest BCUT2D eigenvalue weighted by Crippen LogP contribution is 2.02. The normalized spacial score (nSPS) is 13.7. The van der Waals surface area contributed by atoms with Gasteiger partial charge in [-0.15, -0.1) is 0 Å². The summed E-state index contributed by atoms with van der Waals surface area (Å²) in [6, 6.07) is 3.32. The van der Waals surface area contributed by atoms with Crippen molar-refractivity contribution in [3.05, 3.63) is 0 Å². The van der Waals surface area contributed by atoms with Crippen LogP contribution in [0.1, 0.15) is 13.3 Å². The minimum absolute atomic E-state index is 0.202. The SMILES string of the molecule is CC(C#N)CC(C#N)NC=O. The van der Waals surface area contributed by atoms with Crippen LogP contribution >= 0.6 is 0 Å². The zero-order valence-electron chi connectivity index (χ0n) is 6.24. The zero-order chi connectivity index (χ0) is 8.69. The smallest absolute Gasteiger partial charge is 0.208 e. The topological polar surface area (TPSA) is 76.7 Å². The van der Waals surface area contributed by atoms with Gasteiger partial charge in [-0.1, -0.05) is 0 Å². The van der Waals surface area contributed by atoms with Gasteiger partial charge in [0.25, 0.3) is 0 Å². The average Bonchev–Trinajstić information content (AvgIpc) is 2.03. The summed E-state index contributed by atoms with van der Waals surface area (Å²) >= 11 is 0. The van der Waals surface area contributed by atoms with Crippen LogP contribution in [0.5, 0.6) is 0 Å². The number of carbonyl (C=O) groups is 1. The van der Waals surface area contributed by atoms with Gasteiger partial charge < -0.3 is 5.32 Å². The van der Waals surface area contributed by atoms with Gasteiger partial charge in [0.05, 0.1) is 12.1 Å². The van der Waals surface area contributed by atoms with Crippen molar-refractivity contribution in [1.29, 1.82) is 10.5 Å². The van der Waals surface area contributed by atoms with E-state index < -0.39 is 6.04 Å². The van der Waals surface area contributed by atoms with E-state index in [1.54, 1.807) is 6.92 Å². The molecule has 0 bridgehead atoms. The van der Waals surface area contributed by atoms with E-state index in [1.807, 2.05) is 12.1 Å². The second kappa shape index (κ2) is 5.25. The van der Waals surface area contributed by atoms with Gasteiger partial charge in [0.15, 0.2) is 0 Å². The molecule has 0 radical (unpaired) electrons. The lowest BCUT2D eigenvalue weighted by molar-refractivity contribution is -0.109. The zero-order valence-corrected chi connectivity index (χ0v) is 6.24. The Morgan fingerprint density at radius 3 is 2.55 bits per heavy atom. The molecule has 4 heteroatoms. The summed E-state index contributed by atoms with van der Waals surface area (Å²) in [6.07, 6.45) is 0.851. The third-order valence-corrected chi connectivity index (χ3v) is 1.23. The number of carbonyl (C=O) groups excluding carboxylic acids is 1. The minimum Gasteiger partial charge on any atom is -0.343 e. The van der Waals surface area contributed by atoms with Gasteiger partial charge in [0, 0.05) is 5.92 Å². The molecule has 0 aliphatic rings. The van der Waals surface area contributed by atoms with Crippen molar-refractivity contribution < 1.29 is 4.79 Å². The van der Waals surface area contributed by atoms with Crippen LogP contribution in [-0.2, 0) is 4.79 Å². The van der Waals surface area contributed by atoms with Gasteiger partial charge in [-0.3, -0.25) is 4.79 Å². The molecule has 0 aliphatic carbocycles. The van der Waals surface area contributed by atoms with Crippen molar-refractivity contribution in [1.82, 2.24) is 5.32 Å². The van der Waals surface area contributed by atoms with Gasteiger partial charge in [-0.2, -0.15) is 10.5 Å². The Bertz CT molecular complexity index is 201. The van der Waals surface area contributed by atoms with Gasteiger partial charge in [0.1, 0.15) is 6.04 Å². The van der Waals surface area contributed by atoms with E-state index in [-0.39, 0.29) is 5.92 Å². The average molecular weight is 151 g/mol. The number of nitriles is 2. The summed E-state index contributed by atoms with van der Waals surface area (Å²) in [4.78, 5) is 9.90. The van der Waals surface area contributed by atoms with E-state index in [0.717, 1.165) is 0 Å². The summed E-state index contributed by atoms with van der Waals surface area (Å²) in [7, 11) is 0. The Labute approximate surface area is 65.4 Å². The molecule has 0 aromatic carbocycles. The monoisotopic (exact) mass is 151 g/mol. The molecule has 0 aliphatic heterocycles. The fraction of sp³-hybridized carbons (Fsp3) is 0.571. The van der Waals surface area contributed by atoms with Crippen molar-refractivity contribution in [3.63, 3.8) is 0 Å². The first-order valence-electron chi connectivity index (χ1n) is 3.23. The van der Waals surface area contributed by atoms with E-state index in [1.165, 1.54) is 0 Å². The molecule has 1 amide bonds. The molecular weight excluding hydrogens is 142 g/mol. The highest BCUT2D eigenvalue weighted by molar-refractivity contribution is 5.47. The summed E-state index contributed by atoms with van der Waals surface area (Å²) in [6.45, 7) is 1.71. The van der Waals surface area contributed by atoms with Gasteiger partial charge in [0.2, 0.25) is 6.41 Å². The van der Waals surface area contributed by atoms with Crippen LogP contribution in [0.4, 0.5) is 0 Å². The molecule has 0 heterocycles. The molecule has 1 N–H and O–H groups in total. The van der Waals surface area contributed by atoms with Crippen molar-refractivity contribution in [3.8, 4) is 12.1 Å². The summed E-state index contributed by atoms with van der Waals surface area (Å²) in [5.41, 5.74) is 0. The minimum atomic E-state index is -0.540. The largest absolute Gasteiger partial charge is 0.343 e. The number of hydrogen-bond acceptors (Lipinski definition) is 3. The van der Waals surface area contributed by atoms with Crippen molar-refractivity contribution >= 4 is 6.41 Å². The fourth-order valence-electron chi connectivity index (χ4n) is 0.646. The van der Waals surface area contributed by atoms with Crippen LogP contribution in [0.15, 0.2) is 0 Å². The maximum atomic E-state index is 9.90. The molecule has 0 aromatic rings. The predicted molar refractivity (Wildman–Crippen MR) is 38.0 cm³/mol. The molecule has 0 saturated carbocycles. The van der Waals surface area contributed by atoms with Crippen LogP contribution in [-0.4, -0.2) is 12.5 Å². The maximum absolute atomic E-state index is 9.90. The van der Waals surface area contributed by atoms with E-state index in [0.29, 0.717) is 12.8 Å². The summed E-state index contributed by atoms with van der Waals surface area (Å²) in [5.74, 6) is -0.202. The first kappa shape index (κ1) is 9.45. The second-order valence-electron chi connectivity index (χ2n) is 2.23. The number of nitrogens with one attached hydrogen (secondary N) is 1. The molecule has 58 valence electrons. The van der Waals surface area contributed by atoms with Crippen LogP contribution in [0, 0.1) is 28.6 Å². The first-order chi connectivity index (χ1) is 5.24. The summed E-state index contributed by atoms with van der Waals surface area (Å²) in [5, 5.41) is 19.1. The number of rotatable bonds is 4. The fourth-order valence-corrected chi connectivity index (χ4v) is 0.646. The molecule has 4 nitrogen and oxygen atoms in total.